The number of ether oxygens (including phenoxy) is 1. The third kappa shape index (κ3) is 5.62. The van der Waals surface area contributed by atoms with Gasteiger partial charge in [-0.2, -0.15) is 4.40 Å². The summed E-state index contributed by atoms with van der Waals surface area (Å²) in [5.74, 6) is -2.17. The van der Waals surface area contributed by atoms with Crippen LogP contribution >= 0.6 is 23.1 Å². The van der Waals surface area contributed by atoms with Crippen molar-refractivity contribution in [2.24, 2.45) is 11.8 Å². The Bertz CT molecular complexity index is 1530. The van der Waals surface area contributed by atoms with Gasteiger partial charge in [0, 0.05) is 17.1 Å². The molecule has 1 aromatic carbocycles. The van der Waals surface area contributed by atoms with Gasteiger partial charge in [0.2, 0.25) is 15.8 Å². The molecule has 3 aliphatic rings. The van der Waals surface area contributed by atoms with Crippen LogP contribution in [0.4, 0.5) is 0 Å². The fourth-order valence-corrected chi connectivity index (χ4v) is 8.85. The lowest BCUT2D eigenvalue weighted by atomic mass is 9.77. The molecule has 0 radical (unpaired) electrons. The average molecular weight is 745 g/mol. The summed E-state index contributed by atoms with van der Waals surface area (Å²) in [5, 5.41) is 21.4. The summed E-state index contributed by atoms with van der Waals surface area (Å²) in [6.45, 7) is 8.96. The number of imidazole rings is 1. The van der Waals surface area contributed by atoms with E-state index in [1.807, 2.05) is 13.1 Å². The number of likely N-dealkylation sites (N-methyl/N-ethyl adjacent to an activating group) is 1. The normalized spacial score (nSPS) is 23.7. The number of β-lactam (4-membered cyclic amide) rings is 1. The number of carboxylic acids is 1. The molecule has 42 heavy (non-hydrogen) atoms. The molecule has 3 aliphatic heterocycles. The first kappa shape index (κ1) is 33.2. The van der Waals surface area contributed by atoms with Gasteiger partial charge in [0.15, 0.2) is 0 Å². The minimum Gasteiger partial charge on any atom is -1.00 e. The molecular formula is C29H36Br2N4O5S2. The van der Waals surface area contributed by atoms with Crippen LogP contribution in [0, 0.1) is 11.8 Å². The molecule has 9 nitrogen and oxygen atoms in total. The molecule has 1 amide bonds. The highest BCUT2D eigenvalue weighted by atomic mass is 79.9. The number of carbonyl (C=O) groups excluding carboxylic acids is 1. The van der Waals surface area contributed by atoms with Crippen molar-refractivity contribution in [1.29, 1.82) is 0 Å². The highest BCUT2D eigenvalue weighted by Crippen LogP contribution is 2.51. The molecule has 0 bridgehead atoms. The lowest BCUT2D eigenvalue weighted by molar-refractivity contribution is -0.929. The molecule has 13 heteroatoms. The number of hydrogen-bond acceptors (Lipinski definition) is 6. The quantitative estimate of drug-likeness (QED) is 0.109. The summed E-state index contributed by atoms with van der Waals surface area (Å²) in [4.78, 5) is 28.4. The number of amides is 1. The van der Waals surface area contributed by atoms with Crippen LogP contribution in [0.3, 0.4) is 0 Å². The molecule has 2 saturated heterocycles. The highest BCUT2D eigenvalue weighted by molar-refractivity contribution is 7.98. The first-order valence-corrected chi connectivity index (χ1v) is 15.7. The molecule has 5 heterocycles. The van der Waals surface area contributed by atoms with Crippen molar-refractivity contribution in [1.82, 2.24) is 9.47 Å². The van der Waals surface area contributed by atoms with E-state index in [4.69, 9.17) is 4.74 Å². The number of halogens is 2. The van der Waals surface area contributed by atoms with Gasteiger partial charge in [0.1, 0.15) is 38.1 Å². The summed E-state index contributed by atoms with van der Waals surface area (Å²) in [6.07, 6.45) is 5.30. The highest BCUT2D eigenvalue weighted by Gasteiger charge is 2.60. The van der Waals surface area contributed by atoms with Crippen molar-refractivity contribution in [3.05, 3.63) is 58.5 Å². The summed E-state index contributed by atoms with van der Waals surface area (Å²) >= 11 is 3.23. The van der Waals surface area contributed by atoms with Gasteiger partial charge >= 0.3 is 5.97 Å². The zero-order valence-corrected chi connectivity index (χ0v) is 28.8. The number of carboxylic acid groups (broad SMARTS) is 1. The fourth-order valence-electron chi connectivity index (χ4n) is 6.67. The van der Waals surface area contributed by atoms with Gasteiger partial charge in [-0.1, -0.05) is 48.2 Å². The van der Waals surface area contributed by atoms with Crippen LogP contribution < -0.4 is 38.4 Å². The van der Waals surface area contributed by atoms with E-state index in [-0.39, 0.29) is 57.5 Å². The number of carbonyl (C=O) groups is 2. The second-order valence-corrected chi connectivity index (χ2v) is 13.4. The first-order valence-electron chi connectivity index (χ1n) is 13.7. The van der Waals surface area contributed by atoms with Crippen molar-refractivity contribution >= 4 is 45.4 Å². The van der Waals surface area contributed by atoms with Crippen molar-refractivity contribution in [2.45, 2.75) is 44.1 Å². The Hall–Kier alpha value is -1.74. The van der Waals surface area contributed by atoms with Gasteiger partial charge in [-0.3, -0.25) is 4.79 Å². The van der Waals surface area contributed by atoms with Crippen LogP contribution in [-0.4, -0.2) is 87.8 Å². The molecule has 2 fully saturated rings. The van der Waals surface area contributed by atoms with Crippen LogP contribution in [-0.2, 0) is 27.4 Å². The number of aliphatic hydroxyl groups excluding tert-OH is 1. The smallest absolute Gasteiger partial charge is 0.352 e. The number of hydrogen-bond donors (Lipinski definition) is 2. The predicted molar refractivity (Wildman–Crippen MR) is 153 cm³/mol. The molecule has 6 rings (SSSR count). The SMILES string of the molecule is CSc1c2sc(C3=C(C(=O)O)N4C(=O)[C@H]([C@@H](C)O)[C@H]4[C@H]3C)c[n+]2cn1Cc1cccc(C[N+]2(C)CCOCC2)c1.[Br-].[Br-]. The summed E-state index contributed by atoms with van der Waals surface area (Å²) in [7, 11) is 2.30. The van der Waals surface area contributed by atoms with E-state index in [2.05, 4.69) is 52.9 Å². The third-order valence-corrected chi connectivity index (χ3v) is 10.8. The number of benzene rings is 1. The maximum Gasteiger partial charge on any atom is 0.352 e. The number of nitrogens with zero attached hydrogens (tertiary/aromatic N) is 4. The number of rotatable bonds is 8. The molecular weight excluding hydrogens is 708 g/mol. The standard InChI is InChI=1S/C29H35N4O5S2.2BrH/c1-17-22(25(29(36)37)32-24(17)23(18(2)34)26(32)35)21-14-31-16-30(27(39-4)28(31)40-21)13-19-6-5-7-20(12-19)15-33(3)8-10-38-11-9-33;;/h5-7,12,14,16-18,23-24,34H,8-11,13,15H2,1-4H3;2*1H/q+1;;/p-1/t17-,18+,23+,24+;;/m0../s1. The van der Waals surface area contributed by atoms with E-state index in [0.717, 1.165) is 58.6 Å². The Balaban J connectivity index is 0.00000202. The summed E-state index contributed by atoms with van der Waals surface area (Å²) in [6, 6.07) is 8.49. The van der Waals surface area contributed by atoms with Crippen LogP contribution in [0.2, 0.25) is 0 Å². The molecule has 228 valence electrons. The zero-order valence-electron chi connectivity index (χ0n) is 24.0. The van der Waals surface area contributed by atoms with Crippen molar-refractivity contribution < 1.29 is 67.4 Å². The number of thiazole rings is 1. The first-order chi connectivity index (χ1) is 19.1. The summed E-state index contributed by atoms with van der Waals surface area (Å²) < 4.78 is 10.9. The zero-order chi connectivity index (χ0) is 28.3. The minimum absolute atomic E-state index is 0. The Morgan fingerprint density at radius 3 is 2.60 bits per heavy atom. The molecule has 2 N–H and O–H groups in total. The molecule has 0 aliphatic carbocycles. The monoisotopic (exact) mass is 742 g/mol. The van der Waals surface area contributed by atoms with Crippen LogP contribution in [0.15, 0.2) is 47.5 Å². The Kier molecular flexibility index (Phi) is 10.0. The predicted octanol–water partition coefficient (Wildman–Crippen LogP) is -3.30. The second-order valence-electron chi connectivity index (χ2n) is 11.5. The Morgan fingerprint density at radius 2 is 1.95 bits per heavy atom. The molecule has 0 unspecified atom stereocenters. The van der Waals surface area contributed by atoms with Gasteiger partial charge in [-0.05, 0) is 24.8 Å². The molecule has 0 saturated carbocycles. The second kappa shape index (κ2) is 12.7. The Labute approximate surface area is 274 Å². The van der Waals surface area contributed by atoms with E-state index in [1.165, 1.54) is 16.0 Å². The Morgan fingerprint density at radius 1 is 1.26 bits per heavy atom. The van der Waals surface area contributed by atoms with Crippen LogP contribution in [0.5, 0.6) is 0 Å². The number of aromatic nitrogens is 2. The number of thioether (sulfide) groups is 1. The molecule has 4 atom stereocenters. The van der Waals surface area contributed by atoms with Crippen LogP contribution in [0.1, 0.15) is 29.9 Å². The number of aliphatic hydroxyl groups is 1. The fraction of sp³-hybridized carbons (Fsp3) is 0.483. The van der Waals surface area contributed by atoms with E-state index in [0.29, 0.717) is 5.57 Å². The third-order valence-electron chi connectivity index (χ3n) is 8.70. The van der Waals surface area contributed by atoms with Gasteiger partial charge in [-0.15, -0.1) is 0 Å². The maximum absolute atomic E-state index is 12.8. The van der Waals surface area contributed by atoms with Gasteiger partial charge < -0.3 is 58.3 Å². The largest absolute Gasteiger partial charge is 1.00 e. The van der Waals surface area contributed by atoms with Crippen LogP contribution in [0.25, 0.3) is 10.4 Å². The molecule has 2 aromatic heterocycles. The lowest BCUT2D eigenvalue weighted by Crippen LogP contribution is -3.00. The van der Waals surface area contributed by atoms with Crippen molar-refractivity contribution in [3.63, 3.8) is 0 Å². The van der Waals surface area contributed by atoms with E-state index < -0.39 is 18.0 Å². The lowest BCUT2D eigenvalue weighted by Gasteiger charge is -2.46. The number of aliphatic carboxylic acids is 1. The molecule has 0 spiro atoms. The molecule has 3 aromatic rings. The summed E-state index contributed by atoms with van der Waals surface area (Å²) in [5.41, 5.74) is 3.29. The van der Waals surface area contributed by atoms with Crippen molar-refractivity contribution in [2.75, 3.05) is 39.6 Å². The topological polar surface area (TPSA) is 96.1 Å². The van der Waals surface area contributed by atoms with Gasteiger partial charge in [0.25, 0.3) is 6.33 Å². The van der Waals surface area contributed by atoms with E-state index in [1.54, 1.807) is 30.0 Å². The minimum atomic E-state index is -1.10. The van der Waals surface area contributed by atoms with E-state index in [9.17, 15) is 19.8 Å². The number of fused-ring (bicyclic) bond motifs is 2. The maximum atomic E-state index is 12.8. The number of morpholine rings is 1. The van der Waals surface area contributed by atoms with Gasteiger partial charge in [-0.25, -0.2) is 9.36 Å². The van der Waals surface area contributed by atoms with E-state index >= 15 is 0 Å². The average Bonchev–Trinajstić information content (AvgIpc) is 3.51. The van der Waals surface area contributed by atoms with Gasteiger partial charge in [0.05, 0.1) is 43.2 Å². The van der Waals surface area contributed by atoms with Crippen molar-refractivity contribution in [3.8, 4) is 0 Å². The number of quaternary nitrogens is 1.